The van der Waals surface area contributed by atoms with Gasteiger partial charge in [-0.15, -0.1) is 0 Å². The highest BCUT2D eigenvalue weighted by Gasteiger charge is 2.38. The van der Waals surface area contributed by atoms with Crippen LogP contribution in [0.3, 0.4) is 0 Å². The van der Waals surface area contributed by atoms with Crippen LogP contribution in [0.15, 0.2) is 48.9 Å². The predicted molar refractivity (Wildman–Crippen MR) is 82.8 cm³/mol. The van der Waals surface area contributed by atoms with E-state index in [1.165, 1.54) is 35.3 Å². The number of hydrogen-bond donors (Lipinski definition) is 2. The van der Waals surface area contributed by atoms with Gasteiger partial charge in [-0.25, -0.2) is 13.5 Å². The Morgan fingerprint density at radius 3 is 2.79 bits per heavy atom. The number of amides is 1. The number of aromatic amines is 1. The summed E-state index contributed by atoms with van der Waals surface area (Å²) in [6, 6.07) is 7.52. The number of alkyl halides is 2. The molecule has 3 N–H and O–H groups in total. The smallest absolute Gasteiger partial charge is 0.263 e. The van der Waals surface area contributed by atoms with Crippen LogP contribution >= 0.6 is 0 Å². The fraction of sp³-hybridized carbons (Fsp3) is 0.188. The molecule has 3 aromatic rings. The molecular weight excluding hydrogens is 316 g/mol. The first-order valence-electron chi connectivity index (χ1n) is 7.16. The standard InChI is InChI=1S/C16H15F2N5O/c1-16(15(19)24,13-5-6-20-22-13)11-8-21-23(9-11)12-4-2-3-10(7-12)14(17)18/h2-9,14H,1H3,(H2,19,24)(H,20,22). The van der Waals surface area contributed by atoms with Gasteiger partial charge in [-0.2, -0.15) is 10.2 Å². The molecule has 2 heterocycles. The summed E-state index contributed by atoms with van der Waals surface area (Å²) in [7, 11) is 0. The van der Waals surface area contributed by atoms with Gasteiger partial charge in [0.05, 0.1) is 17.6 Å². The molecule has 2 aromatic heterocycles. The maximum absolute atomic E-state index is 12.8. The quantitative estimate of drug-likeness (QED) is 0.752. The van der Waals surface area contributed by atoms with Crippen LogP contribution in [0.5, 0.6) is 0 Å². The van der Waals surface area contributed by atoms with Crippen LogP contribution in [0.25, 0.3) is 5.69 Å². The summed E-state index contributed by atoms with van der Waals surface area (Å²) in [6.45, 7) is 1.65. The SMILES string of the molecule is CC(C(N)=O)(c1cnn(-c2cccc(C(F)F)c2)c1)c1ccn[nH]1. The van der Waals surface area contributed by atoms with Gasteiger partial charge in [-0.1, -0.05) is 12.1 Å². The van der Waals surface area contributed by atoms with Crippen molar-refractivity contribution in [1.29, 1.82) is 0 Å². The Hall–Kier alpha value is -3.03. The summed E-state index contributed by atoms with van der Waals surface area (Å²) >= 11 is 0. The highest BCUT2D eigenvalue weighted by molar-refractivity contribution is 5.89. The Morgan fingerprint density at radius 1 is 1.38 bits per heavy atom. The average Bonchev–Trinajstić information content (AvgIpc) is 3.26. The molecule has 6 nitrogen and oxygen atoms in total. The lowest BCUT2D eigenvalue weighted by atomic mass is 9.80. The minimum absolute atomic E-state index is 0.101. The molecule has 3 rings (SSSR count). The lowest BCUT2D eigenvalue weighted by Gasteiger charge is -2.22. The Morgan fingerprint density at radius 2 is 2.17 bits per heavy atom. The van der Waals surface area contributed by atoms with E-state index in [0.717, 1.165) is 0 Å². The highest BCUT2D eigenvalue weighted by atomic mass is 19.3. The third-order valence-electron chi connectivity index (χ3n) is 4.08. The predicted octanol–water partition coefficient (Wildman–Crippen LogP) is 2.32. The fourth-order valence-corrected chi connectivity index (χ4v) is 2.49. The summed E-state index contributed by atoms with van der Waals surface area (Å²) in [5, 5.41) is 10.8. The first-order chi connectivity index (χ1) is 11.4. The summed E-state index contributed by atoms with van der Waals surface area (Å²) in [5.41, 5.74) is 5.85. The number of hydrogen-bond acceptors (Lipinski definition) is 3. The van der Waals surface area contributed by atoms with Gasteiger partial charge in [0.25, 0.3) is 6.43 Å². The van der Waals surface area contributed by atoms with Crippen molar-refractivity contribution in [3.63, 3.8) is 0 Å². The molecule has 24 heavy (non-hydrogen) atoms. The topological polar surface area (TPSA) is 89.6 Å². The van der Waals surface area contributed by atoms with E-state index in [1.54, 1.807) is 25.3 Å². The van der Waals surface area contributed by atoms with Crippen molar-refractivity contribution in [1.82, 2.24) is 20.0 Å². The molecular formula is C16H15F2N5O. The number of nitrogens with zero attached hydrogens (tertiary/aromatic N) is 3. The molecule has 0 aliphatic carbocycles. The molecule has 8 heteroatoms. The number of primary amides is 1. The first kappa shape index (κ1) is 15.9. The van der Waals surface area contributed by atoms with Crippen LogP contribution in [0, 0.1) is 0 Å². The number of nitrogens with one attached hydrogen (secondary N) is 1. The second-order valence-electron chi connectivity index (χ2n) is 5.53. The third-order valence-corrected chi connectivity index (χ3v) is 4.08. The molecule has 1 amide bonds. The van der Waals surface area contributed by atoms with Gasteiger partial charge in [0.1, 0.15) is 5.41 Å². The number of benzene rings is 1. The maximum atomic E-state index is 12.8. The van der Waals surface area contributed by atoms with Crippen LogP contribution in [-0.2, 0) is 10.2 Å². The Kier molecular flexibility index (Phi) is 3.88. The maximum Gasteiger partial charge on any atom is 0.263 e. The van der Waals surface area contributed by atoms with E-state index in [2.05, 4.69) is 15.3 Å². The van der Waals surface area contributed by atoms with Crippen molar-refractivity contribution in [2.24, 2.45) is 5.73 Å². The molecule has 0 spiro atoms. The van der Waals surface area contributed by atoms with Gasteiger partial charge in [0.15, 0.2) is 0 Å². The molecule has 0 aliphatic heterocycles. The molecule has 0 bridgehead atoms. The second kappa shape index (κ2) is 5.88. The Balaban J connectivity index is 2.04. The summed E-state index contributed by atoms with van der Waals surface area (Å²) in [4.78, 5) is 12.0. The van der Waals surface area contributed by atoms with E-state index < -0.39 is 17.7 Å². The van der Waals surface area contributed by atoms with Gasteiger partial charge in [-0.05, 0) is 25.1 Å². The molecule has 0 radical (unpaired) electrons. The van der Waals surface area contributed by atoms with Gasteiger partial charge < -0.3 is 5.73 Å². The Labute approximate surface area is 136 Å². The number of halogens is 2. The van der Waals surface area contributed by atoms with Crippen LogP contribution in [0.2, 0.25) is 0 Å². The summed E-state index contributed by atoms with van der Waals surface area (Å²) < 4.78 is 27.1. The van der Waals surface area contributed by atoms with E-state index in [0.29, 0.717) is 16.9 Å². The fourth-order valence-electron chi connectivity index (χ4n) is 2.49. The Bertz CT molecular complexity index is 859. The largest absolute Gasteiger partial charge is 0.369 e. The number of rotatable bonds is 5. The zero-order valence-corrected chi connectivity index (χ0v) is 12.8. The van der Waals surface area contributed by atoms with E-state index in [9.17, 15) is 13.6 Å². The molecule has 124 valence electrons. The molecule has 0 saturated heterocycles. The van der Waals surface area contributed by atoms with Crippen LogP contribution in [0.1, 0.15) is 30.2 Å². The van der Waals surface area contributed by atoms with Gasteiger partial charge in [-0.3, -0.25) is 9.89 Å². The monoisotopic (exact) mass is 331 g/mol. The summed E-state index contributed by atoms with van der Waals surface area (Å²) in [6.07, 6.45) is 2.03. The lowest BCUT2D eigenvalue weighted by Crippen LogP contribution is -2.39. The highest BCUT2D eigenvalue weighted by Crippen LogP contribution is 2.31. The van der Waals surface area contributed by atoms with Crippen molar-refractivity contribution in [3.05, 3.63) is 65.7 Å². The third kappa shape index (κ3) is 2.55. The molecule has 0 aliphatic rings. The van der Waals surface area contributed by atoms with Crippen molar-refractivity contribution < 1.29 is 13.6 Å². The molecule has 1 unspecified atom stereocenters. The zero-order valence-electron chi connectivity index (χ0n) is 12.8. The summed E-state index contributed by atoms with van der Waals surface area (Å²) in [5.74, 6) is -0.576. The lowest BCUT2D eigenvalue weighted by molar-refractivity contribution is -0.121. The van der Waals surface area contributed by atoms with Gasteiger partial charge in [0, 0.05) is 23.5 Å². The van der Waals surface area contributed by atoms with E-state index >= 15 is 0 Å². The minimum atomic E-state index is -2.57. The molecule has 1 aromatic carbocycles. The molecule has 0 saturated carbocycles. The second-order valence-corrected chi connectivity index (χ2v) is 5.53. The van der Waals surface area contributed by atoms with E-state index in [-0.39, 0.29) is 5.56 Å². The van der Waals surface area contributed by atoms with Crippen molar-refractivity contribution in [2.75, 3.05) is 0 Å². The first-order valence-corrected chi connectivity index (χ1v) is 7.16. The number of carbonyl (C=O) groups is 1. The molecule has 0 fully saturated rings. The number of carbonyl (C=O) groups excluding carboxylic acids is 1. The van der Waals surface area contributed by atoms with Crippen LogP contribution in [0.4, 0.5) is 8.78 Å². The molecule has 1 atom stereocenters. The van der Waals surface area contributed by atoms with Crippen LogP contribution < -0.4 is 5.73 Å². The minimum Gasteiger partial charge on any atom is -0.369 e. The van der Waals surface area contributed by atoms with Crippen LogP contribution in [-0.4, -0.2) is 25.9 Å². The van der Waals surface area contributed by atoms with Crippen molar-refractivity contribution >= 4 is 5.91 Å². The van der Waals surface area contributed by atoms with E-state index in [1.807, 2.05) is 0 Å². The number of H-pyrrole nitrogens is 1. The van der Waals surface area contributed by atoms with E-state index in [4.69, 9.17) is 5.73 Å². The zero-order chi connectivity index (χ0) is 17.3. The van der Waals surface area contributed by atoms with Crippen molar-refractivity contribution in [3.8, 4) is 5.69 Å². The van der Waals surface area contributed by atoms with Gasteiger partial charge in [0.2, 0.25) is 5.91 Å². The van der Waals surface area contributed by atoms with Crippen molar-refractivity contribution in [2.45, 2.75) is 18.8 Å². The number of aromatic nitrogens is 4. The normalized spacial score (nSPS) is 13.8. The number of nitrogens with two attached hydrogens (primary N) is 1. The van der Waals surface area contributed by atoms with Gasteiger partial charge >= 0.3 is 0 Å². The average molecular weight is 331 g/mol.